The van der Waals surface area contributed by atoms with Crippen molar-refractivity contribution < 1.29 is 9.26 Å². The summed E-state index contributed by atoms with van der Waals surface area (Å²) in [4.78, 5) is 13.0. The molecule has 2 fully saturated rings. The molecule has 9 nitrogen and oxygen atoms in total. The number of nitrogen functional groups attached to an aromatic ring is 1. The molecule has 0 radical (unpaired) electrons. The van der Waals surface area contributed by atoms with Crippen molar-refractivity contribution in [2.75, 3.05) is 18.9 Å². The monoisotopic (exact) mass is 443 g/mol. The molecule has 0 amide bonds. The zero-order chi connectivity index (χ0) is 22.4. The molecular formula is C24H25N7O2. The van der Waals surface area contributed by atoms with Gasteiger partial charge in [0.05, 0.1) is 36.4 Å². The van der Waals surface area contributed by atoms with Gasteiger partial charge < -0.3 is 15.0 Å². The van der Waals surface area contributed by atoms with E-state index < -0.39 is 0 Å². The summed E-state index contributed by atoms with van der Waals surface area (Å²) in [5.74, 6) is 1.94. The van der Waals surface area contributed by atoms with Gasteiger partial charge in [-0.1, -0.05) is 35.8 Å². The standard InChI is InChI=1S/C24H25N7O2/c1-24(18-3-2-4-18,19-7-5-15(6-8-19)16-9-26-23(25)27-10-16)22-29-21(33-30-22)17-11-28-31(12-17)20-13-32-14-20/h5-12,18,20H,2-4,13-14H2,1H3,(H2,25,26,27)/t24-/m1/s1. The molecule has 1 aliphatic carbocycles. The Labute approximate surface area is 191 Å². The van der Waals surface area contributed by atoms with Crippen LogP contribution in [0.2, 0.25) is 0 Å². The number of nitrogens with two attached hydrogens (primary N) is 1. The van der Waals surface area contributed by atoms with Crippen molar-refractivity contribution in [1.29, 1.82) is 0 Å². The first-order valence-corrected chi connectivity index (χ1v) is 11.3. The second-order valence-electron chi connectivity index (χ2n) is 9.06. The number of anilines is 1. The molecule has 168 valence electrons. The third kappa shape index (κ3) is 3.39. The Kier molecular flexibility index (Phi) is 4.72. The quantitative estimate of drug-likeness (QED) is 0.480. The van der Waals surface area contributed by atoms with Crippen molar-refractivity contribution in [2.24, 2.45) is 5.92 Å². The van der Waals surface area contributed by atoms with E-state index in [0.717, 1.165) is 29.5 Å². The SMILES string of the molecule is C[C@@](c1ccc(-c2cnc(N)nc2)cc1)(c1noc(-c2cnn(C3COC3)c2)n1)C1CCC1. The molecule has 6 rings (SSSR count). The molecule has 9 heteroatoms. The van der Waals surface area contributed by atoms with E-state index >= 15 is 0 Å². The van der Waals surface area contributed by atoms with E-state index in [2.05, 4.69) is 51.4 Å². The molecule has 1 saturated carbocycles. The molecule has 33 heavy (non-hydrogen) atoms. The van der Waals surface area contributed by atoms with Gasteiger partial charge in [-0.15, -0.1) is 0 Å². The van der Waals surface area contributed by atoms with Gasteiger partial charge in [-0.25, -0.2) is 9.97 Å². The highest BCUT2D eigenvalue weighted by Crippen LogP contribution is 2.47. The predicted octanol–water partition coefficient (Wildman–Crippen LogP) is 3.65. The molecular weight excluding hydrogens is 418 g/mol. The average molecular weight is 444 g/mol. The first-order valence-electron chi connectivity index (χ1n) is 11.3. The van der Waals surface area contributed by atoms with Crippen LogP contribution in [0.3, 0.4) is 0 Å². The van der Waals surface area contributed by atoms with Crippen LogP contribution in [0.25, 0.3) is 22.6 Å². The number of aromatic nitrogens is 6. The summed E-state index contributed by atoms with van der Waals surface area (Å²) in [5, 5.41) is 8.88. The summed E-state index contributed by atoms with van der Waals surface area (Å²) in [5.41, 5.74) is 9.24. The van der Waals surface area contributed by atoms with Crippen LogP contribution in [0, 0.1) is 5.92 Å². The van der Waals surface area contributed by atoms with Crippen LogP contribution in [-0.2, 0) is 10.2 Å². The van der Waals surface area contributed by atoms with Crippen molar-refractivity contribution in [2.45, 2.75) is 37.6 Å². The Morgan fingerprint density at radius 1 is 1.00 bits per heavy atom. The van der Waals surface area contributed by atoms with E-state index in [1.165, 1.54) is 12.0 Å². The van der Waals surface area contributed by atoms with E-state index in [1.807, 2.05) is 10.9 Å². The van der Waals surface area contributed by atoms with Crippen LogP contribution < -0.4 is 5.73 Å². The van der Waals surface area contributed by atoms with Gasteiger partial charge in [0.15, 0.2) is 5.82 Å². The lowest BCUT2D eigenvalue weighted by Gasteiger charge is -2.41. The largest absolute Gasteiger partial charge is 0.377 e. The molecule has 1 aliphatic heterocycles. The summed E-state index contributed by atoms with van der Waals surface area (Å²) in [6.45, 7) is 3.60. The number of hydrogen-bond acceptors (Lipinski definition) is 8. The zero-order valence-electron chi connectivity index (χ0n) is 18.4. The lowest BCUT2D eigenvalue weighted by molar-refractivity contribution is -0.0286. The Bertz CT molecular complexity index is 1260. The van der Waals surface area contributed by atoms with Gasteiger partial charge >= 0.3 is 0 Å². The van der Waals surface area contributed by atoms with Crippen LogP contribution in [0.1, 0.15) is 43.6 Å². The molecule has 0 spiro atoms. The first kappa shape index (κ1) is 20.0. The lowest BCUT2D eigenvalue weighted by atomic mass is 9.62. The van der Waals surface area contributed by atoms with Crippen LogP contribution in [0.15, 0.2) is 53.6 Å². The van der Waals surface area contributed by atoms with Crippen molar-refractivity contribution in [1.82, 2.24) is 29.9 Å². The highest BCUT2D eigenvalue weighted by atomic mass is 16.5. The molecule has 1 atom stereocenters. The fourth-order valence-electron chi connectivity index (χ4n) is 4.60. The van der Waals surface area contributed by atoms with Crippen LogP contribution in [0.4, 0.5) is 5.95 Å². The molecule has 1 aromatic carbocycles. The van der Waals surface area contributed by atoms with Crippen molar-refractivity contribution in [3.05, 3.63) is 60.4 Å². The third-order valence-electron chi connectivity index (χ3n) is 7.14. The summed E-state index contributed by atoms with van der Waals surface area (Å²) in [6.07, 6.45) is 10.7. The van der Waals surface area contributed by atoms with Crippen molar-refractivity contribution in [3.63, 3.8) is 0 Å². The zero-order valence-corrected chi connectivity index (χ0v) is 18.4. The Balaban J connectivity index is 1.32. The first-order chi connectivity index (χ1) is 16.1. The van der Waals surface area contributed by atoms with Gasteiger partial charge in [-0.05, 0) is 36.8 Å². The summed E-state index contributed by atoms with van der Waals surface area (Å²) < 4.78 is 12.9. The van der Waals surface area contributed by atoms with Gasteiger partial charge in [0.1, 0.15) is 0 Å². The van der Waals surface area contributed by atoms with Crippen molar-refractivity contribution >= 4 is 5.95 Å². The maximum absolute atomic E-state index is 5.71. The molecule has 3 aromatic heterocycles. The Morgan fingerprint density at radius 3 is 2.39 bits per heavy atom. The van der Waals surface area contributed by atoms with E-state index in [0.29, 0.717) is 30.8 Å². The fourth-order valence-corrected chi connectivity index (χ4v) is 4.60. The molecule has 2 aliphatic rings. The summed E-state index contributed by atoms with van der Waals surface area (Å²) in [6, 6.07) is 8.76. The predicted molar refractivity (Wildman–Crippen MR) is 121 cm³/mol. The van der Waals surface area contributed by atoms with Gasteiger partial charge in [0.25, 0.3) is 5.89 Å². The van der Waals surface area contributed by atoms with Gasteiger partial charge in [0.2, 0.25) is 5.95 Å². The fraction of sp³-hybridized carbons (Fsp3) is 0.375. The molecule has 4 heterocycles. The van der Waals surface area contributed by atoms with Crippen molar-refractivity contribution in [3.8, 4) is 22.6 Å². The topological polar surface area (TPSA) is 118 Å². The molecule has 2 N–H and O–H groups in total. The van der Waals surface area contributed by atoms with E-state index in [-0.39, 0.29) is 17.4 Å². The van der Waals surface area contributed by atoms with Gasteiger partial charge in [-0.2, -0.15) is 10.1 Å². The van der Waals surface area contributed by atoms with Crippen LogP contribution >= 0.6 is 0 Å². The number of benzene rings is 1. The second-order valence-corrected chi connectivity index (χ2v) is 9.06. The summed E-state index contributed by atoms with van der Waals surface area (Å²) >= 11 is 0. The van der Waals surface area contributed by atoms with E-state index in [4.69, 9.17) is 20.0 Å². The molecule has 0 unspecified atom stereocenters. The molecule has 0 bridgehead atoms. The Hall–Kier alpha value is -3.59. The summed E-state index contributed by atoms with van der Waals surface area (Å²) in [7, 11) is 0. The lowest BCUT2D eigenvalue weighted by Crippen LogP contribution is -2.38. The molecule has 1 saturated heterocycles. The van der Waals surface area contributed by atoms with E-state index in [9.17, 15) is 0 Å². The Morgan fingerprint density at radius 2 is 1.76 bits per heavy atom. The van der Waals surface area contributed by atoms with Crippen LogP contribution in [0.5, 0.6) is 0 Å². The smallest absolute Gasteiger partial charge is 0.261 e. The minimum atomic E-state index is -0.339. The third-order valence-corrected chi connectivity index (χ3v) is 7.14. The number of nitrogens with zero attached hydrogens (tertiary/aromatic N) is 6. The van der Waals surface area contributed by atoms with E-state index in [1.54, 1.807) is 18.6 Å². The second kappa shape index (κ2) is 7.77. The normalized spacial score (nSPS) is 18.5. The maximum Gasteiger partial charge on any atom is 0.261 e. The number of hydrogen-bond donors (Lipinski definition) is 1. The van der Waals surface area contributed by atoms with Crippen LogP contribution in [-0.4, -0.2) is 43.1 Å². The maximum atomic E-state index is 5.71. The van der Waals surface area contributed by atoms with Gasteiger partial charge in [-0.3, -0.25) is 4.68 Å². The minimum Gasteiger partial charge on any atom is -0.377 e. The number of rotatable bonds is 6. The molecule has 4 aromatic rings. The minimum absolute atomic E-state index is 0.271. The van der Waals surface area contributed by atoms with Gasteiger partial charge in [0, 0.05) is 24.2 Å². The highest BCUT2D eigenvalue weighted by molar-refractivity contribution is 5.62. The average Bonchev–Trinajstić information content (AvgIpc) is 3.42. The number of ether oxygens (including phenoxy) is 1. The highest BCUT2D eigenvalue weighted by Gasteiger charge is 2.44.